The molecule has 0 bridgehead atoms. The molecule has 4 rings (SSSR count). The number of nitrogens with two attached hydrogens (primary N) is 1. The van der Waals surface area contributed by atoms with Gasteiger partial charge < -0.3 is 10.3 Å². The summed E-state index contributed by atoms with van der Waals surface area (Å²) in [4.78, 5) is 8.64. The summed E-state index contributed by atoms with van der Waals surface area (Å²) in [7, 11) is -3.68. The predicted molar refractivity (Wildman–Crippen MR) is 96.7 cm³/mol. The summed E-state index contributed by atoms with van der Waals surface area (Å²) in [6.07, 6.45) is 6.66. The van der Waals surface area contributed by atoms with Gasteiger partial charge in [-0.1, -0.05) is 12.8 Å². The van der Waals surface area contributed by atoms with Crippen LogP contribution in [0.25, 0.3) is 21.5 Å². The lowest BCUT2D eigenvalue weighted by molar-refractivity contribution is 0.600. The first-order valence-electron chi connectivity index (χ1n) is 7.88. The lowest BCUT2D eigenvalue weighted by Crippen LogP contribution is -2.15. The number of pyridine rings is 1. The summed E-state index contributed by atoms with van der Waals surface area (Å²) in [5, 5.41) is 9.70. The van der Waals surface area contributed by atoms with Crippen molar-refractivity contribution < 1.29 is 8.42 Å². The van der Waals surface area contributed by atoms with Crippen LogP contribution in [-0.4, -0.2) is 24.4 Å². The largest absolute Gasteiger partial charge is 0.367 e. The number of aromatic amines is 1. The van der Waals surface area contributed by atoms with Crippen molar-refractivity contribution in [2.75, 3.05) is 5.32 Å². The molecule has 1 aliphatic carbocycles. The number of thiophene rings is 1. The molecule has 8 heteroatoms. The zero-order valence-electron chi connectivity index (χ0n) is 13.0. The molecule has 3 aromatic rings. The highest BCUT2D eigenvalue weighted by atomic mass is 32.2. The molecule has 0 saturated heterocycles. The van der Waals surface area contributed by atoms with E-state index in [0.29, 0.717) is 6.04 Å². The van der Waals surface area contributed by atoms with E-state index in [0.717, 1.165) is 40.1 Å². The summed E-state index contributed by atoms with van der Waals surface area (Å²) in [5.41, 5.74) is 1.75. The SMILES string of the molecule is NS(=O)(=O)c1ccc(-c2cc(NC3CCCC3)nc3[nH]ccc23)s1. The highest BCUT2D eigenvalue weighted by molar-refractivity contribution is 7.91. The number of anilines is 1. The third-order valence-electron chi connectivity index (χ3n) is 4.36. The summed E-state index contributed by atoms with van der Waals surface area (Å²) in [6, 6.07) is 7.76. The van der Waals surface area contributed by atoms with E-state index in [2.05, 4.69) is 15.3 Å². The zero-order valence-corrected chi connectivity index (χ0v) is 14.6. The Bertz CT molecular complexity index is 985. The van der Waals surface area contributed by atoms with E-state index in [1.165, 1.54) is 24.2 Å². The van der Waals surface area contributed by atoms with Crippen molar-refractivity contribution in [2.45, 2.75) is 35.9 Å². The van der Waals surface area contributed by atoms with Crippen LogP contribution in [-0.2, 0) is 10.0 Å². The number of sulfonamides is 1. The molecule has 0 aliphatic heterocycles. The van der Waals surface area contributed by atoms with E-state index in [9.17, 15) is 8.42 Å². The number of aromatic nitrogens is 2. The minimum atomic E-state index is -3.68. The van der Waals surface area contributed by atoms with Gasteiger partial charge in [0.05, 0.1) is 0 Å². The summed E-state index contributed by atoms with van der Waals surface area (Å²) < 4.78 is 23.3. The molecular formula is C16H18N4O2S2. The number of primary sulfonamides is 1. The van der Waals surface area contributed by atoms with Crippen LogP contribution >= 0.6 is 11.3 Å². The molecule has 4 N–H and O–H groups in total. The van der Waals surface area contributed by atoms with Gasteiger partial charge in [0.2, 0.25) is 10.0 Å². The smallest absolute Gasteiger partial charge is 0.247 e. The van der Waals surface area contributed by atoms with E-state index in [1.54, 1.807) is 12.1 Å². The van der Waals surface area contributed by atoms with Crippen LogP contribution in [0.5, 0.6) is 0 Å². The quantitative estimate of drug-likeness (QED) is 0.663. The maximum Gasteiger partial charge on any atom is 0.247 e. The average molecular weight is 362 g/mol. The van der Waals surface area contributed by atoms with Crippen LogP contribution in [0.4, 0.5) is 5.82 Å². The maximum atomic E-state index is 11.5. The number of nitrogens with one attached hydrogen (secondary N) is 2. The Morgan fingerprint density at radius 1 is 1.25 bits per heavy atom. The standard InChI is InChI=1S/C16H18N4O2S2/c17-24(21,22)15-6-5-13(23-15)12-9-14(19-10-3-1-2-4-10)20-16-11(12)7-8-18-16/h5-10H,1-4H2,(H2,17,21,22)(H2,18,19,20). The number of rotatable bonds is 4. The second-order valence-electron chi connectivity index (χ2n) is 6.08. The van der Waals surface area contributed by atoms with Gasteiger partial charge >= 0.3 is 0 Å². The van der Waals surface area contributed by atoms with Crippen molar-refractivity contribution in [2.24, 2.45) is 5.14 Å². The molecule has 0 unspecified atom stereocenters. The Morgan fingerprint density at radius 3 is 2.75 bits per heavy atom. The van der Waals surface area contributed by atoms with E-state index >= 15 is 0 Å². The lowest BCUT2D eigenvalue weighted by atomic mass is 10.1. The van der Waals surface area contributed by atoms with Gasteiger partial charge in [0.1, 0.15) is 15.7 Å². The molecule has 1 saturated carbocycles. The van der Waals surface area contributed by atoms with Crippen molar-refractivity contribution in [3.63, 3.8) is 0 Å². The minimum Gasteiger partial charge on any atom is -0.367 e. The summed E-state index contributed by atoms with van der Waals surface area (Å²) in [6.45, 7) is 0. The predicted octanol–water partition coefficient (Wildman–Crippen LogP) is 3.29. The van der Waals surface area contributed by atoms with Crippen LogP contribution in [0.1, 0.15) is 25.7 Å². The topological polar surface area (TPSA) is 101 Å². The van der Waals surface area contributed by atoms with Crippen molar-refractivity contribution >= 4 is 38.2 Å². The Balaban J connectivity index is 1.78. The number of nitrogens with zero attached hydrogens (tertiary/aromatic N) is 1. The number of hydrogen-bond donors (Lipinski definition) is 3. The Hall–Kier alpha value is -1.90. The monoisotopic (exact) mass is 362 g/mol. The molecule has 1 fully saturated rings. The average Bonchev–Trinajstić information content (AvgIpc) is 3.27. The minimum absolute atomic E-state index is 0.170. The van der Waals surface area contributed by atoms with Gasteiger partial charge in [-0.05, 0) is 37.1 Å². The van der Waals surface area contributed by atoms with Gasteiger partial charge in [0.15, 0.2) is 0 Å². The molecular weight excluding hydrogens is 344 g/mol. The van der Waals surface area contributed by atoms with E-state index < -0.39 is 10.0 Å². The zero-order chi connectivity index (χ0) is 16.7. The van der Waals surface area contributed by atoms with E-state index in [1.807, 2.05) is 18.3 Å². The van der Waals surface area contributed by atoms with Crippen LogP contribution in [0.3, 0.4) is 0 Å². The third kappa shape index (κ3) is 2.92. The van der Waals surface area contributed by atoms with Crippen LogP contribution in [0, 0.1) is 0 Å². The fraction of sp³-hybridized carbons (Fsp3) is 0.312. The molecule has 0 atom stereocenters. The second-order valence-corrected chi connectivity index (χ2v) is 8.96. The molecule has 0 spiro atoms. The fourth-order valence-corrected chi connectivity index (χ4v) is 4.97. The first-order valence-corrected chi connectivity index (χ1v) is 10.2. The highest BCUT2D eigenvalue weighted by Crippen LogP contribution is 2.36. The maximum absolute atomic E-state index is 11.5. The van der Waals surface area contributed by atoms with Gasteiger partial charge in [-0.15, -0.1) is 11.3 Å². The van der Waals surface area contributed by atoms with Crippen molar-refractivity contribution in [3.05, 3.63) is 30.5 Å². The van der Waals surface area contributed by atoms with Crippen LogP contribution in [0.2, 0.25) is 0 Å². The van der Waals surface area contributed by atoms with Crippen molar-refractivity contribution in [1.82, 2.24) is 9.97 Å². The molecule has 0 aromatic carbocycles. The molecule has 1 aliphatic rings. The van der Waals surface area contributed by atoms with Crippen LogP contribution < -0.4 is 10.5 Å². The number of hydrogen-bond acceptors (Lipinski definition) is 5. The molecule has 126 valence electrons. The molecule has 24 heavy (non-hydrogen) atoms. The van der Waals surface area contributed by atoms with Crippen molar-refractivity contribution in [3.8, 4) is 10.4 Å². The second kappa shape index (κ2) is 5.87. The molecule has 0 amide bonds. The highest BCUT2D eigenvalue weighted by Gasteiger charge is 2.18. The third-order valence-corrected chi connectivity index (χ3v) is 6.92. The normalized spacial score (nSPS) is 16.0. The first-order chi connectivity index (χ1) is 11.5. The van der Waals surface area contributed by atoms with Crippen molar-refractivity contribution in [1.29, 1.82) is 0 Å². The van der Waals surface area contributed by atoms with Gasteiger partial charge in [-0.2, -0.15) is 0 Å². The van der Waals surface area contributed by atoms with Gasteiger partial charge in [0, 0.05) is 28.1 Å². The Labute approximate surface area is 144 Å². The summed E-state index contributed by atoms with van der Waals surface area (Å²) in [5.74, 6) is 0.817. The number of H-pyrrole nitrogens is 1. The molecule has 3 heterocycles. The van der Waals surface area contributed by atoms with E-state index in [4.69, 9.17) is 5.14 Å². The Morgan fingerprint density at radius 2 is 2.04 bits per heavy atom. The lowest BCUT2D eigenvalue weighted by Gasteiger charge is -2.14. The van der Waals surface area contributed by atoms with Crippen LogP contribution in [0.15, 0.2) is 34.7 Å². The van der Waals surface area contributed by atoms with E-state index in [-0.39, 0.29) is 4.21 Å². The van der Waals surface area contributed by atoms with Gasteiger partial charge in [-0.25, -0.2) is 18.5 Å². The molecule has 6 nitrogen and oxygen atoms in total. The fourth-order valence-electron chi connectivity index (χ4n) is 3.21. The first kappa shape index (κ1) is 15.6. The molecule has 3 aromatic heterocycles. The van der Waals surface area contributed by atoms with Gasteiger partial charge in [-0.3, -0.25) is 0 Å². The number of fused-ring (bicyclic) bond motifs is 1. The Kier molecular flexibility index (Phi) is 3.82. The van der Waals surface area contributed by atoms with Gasteiger partial charge in [0.25, 0.3) is 0 Å². The molecule has 0 radical (unpaired) electrons. The summed E-state index contributed by atoms with van der Waals surface area (Å²) >= 11 is 1.18.